The van der Waals surface area contributed by atoms with E-state index in [-0.39, 0.29) is 12.1 Å². The summed E-state index contributed by atoms with van der Waals surface area (Å²) >= 11 is 0. The zero-order valence-corrected chi connectivity index (χ0v) is 10.1. The molecule has 0 amide bonds. The van der Waals surface area contributed by atoms with Crippen LogP contribution in [0.25, 0.3) is 0 Å². The molecule has 1 aliphatic rings. The summed E-state index contributed by atoms with van der Waals surface area (Å²) in [6, 6.07) is 0. The summed E-state index contributed by atoms with van der Waals surface area (Å²) in [6.07, 6.45) is 7.33. The minimum atomic E-state index is -0.0943. The highest BCUT2D eigenvalue weighted by molar-refractivity contribution is 4.84. The molecule has 0 radical (unpaired) electrons. The van der Waals surface area contributed by atoms with Crippen LogP contribution in [0.2, 0.25) is 0 Å². The molecule has 1 rings (SSSR count). The molecule has 0 spiro atoms. The van der Waals surface area contributed by atoms with Crippen molar-refractivity contribution in [2.24, 2.45) is 0 Å². The van der Waals surface area contributed by atoms with Crippen LogP contribution in [0.15, 0.2) is 0 Å². The molecule has 3 heteroatoms. The Kier molecular flexibility index (Phi) is 5.58. The first kappa shape index (κ1) is 12.9. The van der Waals surface area contributed by atoms with Crippen molar-refractivity contribution in [3.63, 3.8) is 0 Å². The van der Waals surface area contributed by atoms with Crippen molar-refractivity contribution in [2.75, 3.05) is 20.3 Å². The Hall–Kier alpha value is -0.120. The number of aliphatic hydroxyl groups is 1. The van der Waals surface area contributed by atoms with Crippen molar-refractivity contribution < 1.29 is 9.84 Å². The van der Waals surface area contributed by atoms with Crippen molar-refractivity contribution >= 4 is 0 Å². The maximum atomic E-state index is 9.34. The lowest BCUT2D eigenvalue weighted by Crippen LogP contribution is -2.46. The van der Waals surface area contributed by atoms with Crippen LogP contribution >= 0.6 is 0 Å². The smallest absolute Gasteiger partial charge is 0.0613 e. The molecule has 15 heavy (non-hydrogen) atoms. The molecular formula is C12H25NO2. The monoisotopic (exact) mass is 215 g/mol. The standard InChI is InChI=1S/C12H25NO2/c1-3-12(10-14,13-2)8-5-9-15-11-6-4-7-11/h11,13-14H,3-10H2,1-2H3. The highest BCUT2D eigenvalue weighted by Gasteiger charge is 2.24. The van der Waals surface area contributed by atoms with Gasteiger partial charge in [-0.1, -0.05) is 6.92 Å². The summed E-state index contributed by atoms with van der Waals surface area (Å²) in [5.41, 5.74) is -0.0943. The zero-order valence-electron chi connectivity index (χ0n) is 10.1. The molecule has 1 aliphatic carbocycles. The minimum Gasteiger partial charge on any atom is -0.394 e. The third kappa shape index (κ3) is 3.74. The summed E-state index contributed by atoms with van der Waals surface area (Å²) in [5, 5.41) is 12.6. The third-order valence-electron chi connectivity index (χ3n) is 3.72. The fourth-order valence-corrected chi connectivity index (χ4v) is 1.95. The molecule has 0 aromatic heterocycles. The molecule has 0 aromatic carbocycles. The SMILES string of the molecule is CCC(CO)(CCCOC1CCC1)NC. The van der Waals surface area contributed by atoms with Gasteiger partial charge in [-0.05, 0) is 45.6 Å². The number of rotatable bonds is 8. The number of hydrogen-bond acceptors (Lipinski definition) is 3. The lowest BCUT2D eigenvalue weighted by atomic mass is 9.91. The topological polar surface area (TPSA) is 41.5 Å². The summed E-state index contributed by atoms with van der Waals surface area (Å²) in [4.78, 5) is 0. The molecule has 0 bridgehead atoms. The van der Waals surface area contributed by atoms with Crippen molar-refractivity contribution in [2.45, 2.75) is 57.1 Å². The highest BCUT2D eigenvalue weighted by atomic mass is 16.5. The maximum absolute atomic E-state index is 9.34. The summed E-state index contributed by atoms with van der Waals surface area (Å²) < 4.78 is 5.70. The van der Waals surface area contributed by atoms with Crippen LogP contribution in [-0.4, -0.2) is 37.0 Å². The van der Waals surface area contributed by atoms with Gasteiger partial charge < -0.3 is 15.2 Å². The van der Waals surface area contributed by atoms with Crippen LogP contribution in [0, 0.1) is 0 Å². The van der Waals surface area contributed by atoms with Gasteiger partial charge in [0.1, 0.15) is 0 Å². The quantitative estimate of drug-likeness (QED) is 0.606. The Balaban J connectivity index is 2.09. The average molecular weight is 215 g/mol. The lowest BCUT2D eigenvalue weighted by molar-refractivity contribution is -0.00302. The molecule has 3 nitrogen and oxygen atoms in total. The van der Waals surface area contributed by atoms with Gasteiger partial charge in [0.2, 0.25) is 0 Å². The Morgan fingerprint density at radius 2 is 2.20 bits per heavy atom. The van der Waals surface area contributed by atoms with Crippen molar-refractivity contribution in [1.29, 1.82) is 0 Å². The van der Waals surface area contributed by atoms with E-state index in [1.165, 1.54) is 19.3 Å². The first-order chi connectivity index (χ1) is 7.26. The van der Waals surface area contributed by atoms with E-state index < -0.39 is 0 Å². The van der Waals surface area contributed by atoms with Crippen molar-refractivity contribution in [1.82, 2.24) is 5.32 Å². The fraction of sp³-hybridized carbons (Fsp3) is 1.00. The molecule has 1 saturated carbocycles. The summed E-state index contributed by atoms with van der Waals surface area (Å²) in [7, 11) is 1.92. The van der Waals surface area contributed by atoms with E-state index in [1.807, 2.05) is 7.05 Å². The molecule has 0 aromatic rings. The van der Waals surface area contributed by atoms with Crippen molar-refractivity contribution in [3.8, 4) is 0 Å². The van der Waals surface area contributed by atoms with Gasteiger partial charge in [0.05, 0.1) is 12.7 Å². The van der Waals surface area contributed by atoms with Gasteiger partial charge in [-0.3, -0.25) is 0 Å². The molecule has 1 atom stereocenters. The average Bonchev–Trinajstić information content (AvgIpc) is 2.22. The Morgan fingerprint density at radius 1 is 1.47 bits per heavy atom. The lowest BCUT2D eigenvalue weighted by Gasteiger charge is -2.31. The van der Waals surface area contributed by atoms with Crippen LogP contribution in [-0.2, 0) is 4.74 Å². The predicted octanol–water partition coefficient (Wildman–Crippen LogP) is 1.70. The molecule has 1 unspecified atom stereocenters. The number of aliphatic hydroxyl groups excluding tert-OH is 1. The predicted molar refractivity (Wildman–Crippen MR) is 62.0 cm³/mol. The van der Waals surface area contributed by atoms with Gasteiger partial charge in [0.15, 0.2) is 0 Å². The molecule has 0 heterocycles. The summed E-state index contributed by atoms with van der Waals surface area (Å²) in [6.45, 7) is 3.16. The van der Waals surface area contributed by atoms with Gasteiger partial charge >= 0.3 is 0 Å². The first-order valence-electron chi connectivity index (χ1n) is 6.17. The minimum absolute atomic E-state index is 0.0943. The molecule has 2 N–H and O–H groups in total. The highest BCUT2D eigenvalue weighted by Crippen LogP contribution is 2.23. The Labute approximate surface area is 93.2 Å². The van der Waals surface area contributed by atoms with E-state index >= 15 is 0 Å². The van der Waals surface area contributed by atoms with E-state index in [1.54, 1.807) is 0 Å². The van der Waals surface area contributed by atoms with Crippen molar-refractivity contribution in [3.05, 3.63) is 0 Å². The van der Waals surface area contributed by atoms with Crippen LogP contribution in [0.1, 0.15) is 45.4 Å². The largest absolute Gasteiger partial charge is 0.394 e. The van der Waals surface area contributed by atoms with Crippen LogP contribution in [0.4, 0.5) is 0 Å². The van der Waals surface area contributed by atoms with Gasteiger partial charge in [-0.25, -0.2) is 0 Å². The van der Waals surface area contributed by atoms with Crippen LogP contribution in [0.3, 0.4) is 0 Å². The van der Waals surface area contributed by atoms with E-state index in [2.05, 4.69) is 12.2 Å². The van der Waals surface area contributed by atoms with E-state index in [0.717, 1.165) is 25.9 Å². The second-order valence-corrected chi connectivity index (χ2v) is 4.57. The maximum Gasteiger partial charge on any atom is 0.0613 e. The Morgan fingerprint density at radius 3 is 2.60 bits per heavy atom. The zero-order chi connectivity index (χ0) is 11.1. The molecule has 0 aliphatic heterocycles. The van der Waals surface area contributed by atoms with E-state index in [4.69, 9.17) is 4.74 Å². The van der Waals surface area contributed by atoms with E-state index in [0.29, 0.717) is 6.10 Å². The molecule has 1 fully saturated rings. The van der Waals surface area contributed by atoms with Gasteiger partial charge in [-0.2, -0.15) is 0 Å². The van der Waals surface area contributed by atoms with Gasteiger partial charge in [-0.15, -0.1) is 0 Å². The number of ether oxygens (including phenoxy) is 1. The molecule has 0 saturated heterocycles. The van der Waals surface area contributed by atoms with E-state index in [9.17, 15) is 5.11 Å². The number of likely N-dealkylation sites (N-methyl/N-ethyl adjacent to an activating group) is 1. The van der Waals surface area contributed by atoms with Crippen LogP contribution in [0.5, 0.6) is 0 Å². The number of nitrogens with one attached hydrogen (secondary N) is 1. The second-order valence-electron chi connectivity index (χ2n) is 4.57. The molecule has 90 valence electrons. The first-order valence-corrected chi connectivity index (χ1v) is 6.17. The third-order valence-corrected chi connectivity index (χ3v) is 3.72. The normalized spacial score (nSPS) is 21.0. The van der Waals surface area contributed by atoms with Crippen LogP contribution < -0.4 is 5.32 Å². The van der Waals surface area contributed by atoms with Gasteiger partial charge in [0.25, 0.3) is 0 Å². The molecular weight excluding hydrogens is 190 g/mol. The number of hydrogen-bond donors (Lipinski definition) is 2. The Bertz CT molecular complexity index is 157. The fourth-order valence-electron chi connectivity index (χ4n) is 1.95. The van der Waals surface area contributed by atoms with Gasteiger partial charge in [0, 0.05) is 12.1 Å². The summed E-state index contributed by atoms with van der Waals surface area (Å²) in [5.74, 6) is 0. The second kappa shape index (κ2) is 6.46.